The zero-order chi connectivity index (χ0) is 19.4. The molecule has 0 aliphatic carbocycles. The first-order valence-electron chi connectivity index (χ1n) is 9.88. The molecule has 2 aromatic rings. The molecule has 2 N–H and O–H groups in total. The van der Waals surface area contributed by atoms with E-state index in [4.69, 9.17) is 19.9 Å². The van der Waals surface area contributed by atoms with Crippen molar-refractivity contribution in [2.24, 2.45) is 0 Å². The van der Waals surface area contributed by atoms with E-state index in [1.807, 2.05) is 6.92 Å². The van der Waals surface area contributed by atoms with E-state index < -0.39 is 5.60 Å². The van der Waals surface area contributed by atoms with Gasteiger partial charge in [-0.1, -0.05) is 26.7 Å². The highest BCUT2D eigenvalue weighted by Gasteiger charge is 2.55. The summed E-state index contributed by atoms with van der Waals surface area (Å²) in [6.07, 6.45) is 6.68. The third kappa shape index (κ3) is 3.79. The fraction of sp³-hybridized carbons (Fsp3) is 0.737. The Kier molecular flexibility index (Phi) is 6.29. The van der Waals surface area contributed by atoms with Gasteiger partial charge in [-0.15, -0.1) is 0 Å². The van der Waals surface area contributed by atoms with Crippen molar-refractivity contribution in [1.82, 2.24) is 19.6 Å². The van der Waals surface area contributed by atoms with Crippen LogP contribution in [0.3, 0.4) is 0 Å². The second-order valence-electron chi connectivity index (χ2n) is 7.32. The molecule has 2 aromatic heterocycles. The van der Waals surface area contributed by atoms with Gasteiger partial charge in [-0.3, -0.25) is 0 Å². The summed E-state index contributed by atoms with van der Waals surface area (Å²) in [5.74, 6) is 0.339. The van der Waals surface area contributed by atoms with Crippen LogP contribution in [0.2, 0.25) is 0 Å². The minimum atomic E-state index is -0.641. The topological polar surface area (TPSA) is 96.8 Å². The molecular formula is C19H31N5O3. The van der Waals surface area contributed by atoms with Gasteiger partial charge in [0.1, 0.15) is 24.1 Å². The van der Waals surface area contributed by atoms with Gasteiger partial charge in [-0.05, 0) is 26.7 Å². The lowest BCUT2D eigenvalue weighted by Crippen LogP contribution is -2.46. The van der Waals surface area contributed by atoms with Crippen molar-refractivity contribution in [3.63, 3.8) is 0 Å². The van der Waals surface area contributed by atoms with Crippen LogP contribution in [0.1, 0.15) is 65.2 Å². The zero-order valence-electron chi connectivity index (χ0n) is 16.7. The zero-order valence-corrected chi connectivity index (χ0v) is 16.7. The number of nitrogen functional groups attached to an aromatic ring is 1. The van der Waals surface area contributed by atoms with Crippen molar-refractivity contribution < 1.29 is 14.2 Å². The highest BCUT2D eigenvalue weighted by Crippen LogP contribution is 2.45. The van der Waals surface area contributed by atoms with Gasteiger partial charge < -0.3 is 19.9 Å². The molecule has 150 valence electrons. The smallest absolute Gasteiger partial charge is 0.196 e. The monoisotopic (exact) mass is 377 g/mol. The minimum Gasteiger partial charge on any atom is -0.381 e. The fourth-order valence-corrected chi connectivity index (χ4v) is 3.68. The summed E-state index contributed by atoms with van der Waals surface area (Å²) in [4.78, 5) is 8.40. The van der Waals surface area contributed by atoms with Crippen LogP contribution in [0.25, 0.3) is 5.65 Å². The van der Waals surface area contributed by atoms with E-state index in [1.54, 1.807) is 10.7 Å². The quantitative estimate of drug-likeness (QED) is 0.671. The van der Waals surface area contributed by atoms with Crippen molar-refractivity contribution in [1.29, 1.82) is 0 Å². The van der Waals surface area contributed by atoms with Crippen molar-refractivity contribution in [2.45, 2.75) is 77.3 Å². The minimum absolute atomic E-state index is 0.108. The number of anilines is 1. The van der Waals surface area contributed by atoms with E-state index in [0.29, 0.717) is 24.7 Å². The van der Waals surface area contributed by atoms with Gasteiger partial charge in [0.2, 0.25) is 0 Å². The molecule has 2 unspecified atom stereocenters. The second kappa shape index (κ2) is 8.50. The van der Waals surface area contributed by atoms with E-state index in [2.05, 4.69) is 35.8 Å². The predicted octanol–water partition coefficient (Wildman–Crippen LogP) is 2.93. The van der Waals surface area contributed by atoms with E-state index >= 15 is 0 Å². The van der Waals surface area contributed by atoms with Gasteiger partial charge in [-0.2, -0.15) is 5.10 Å². The van der Waals surface area contributed by atoms with Gasteiger partial charge in [-0.25, -0.2) is 14.5 Å². The maximum Gasteiger partial charge on any atom is 0.196 e. The molecule has 27 heavy (non-hydrogen) atoms. The van der Waals surface area contributed by atoms with E-state index in [-0.39, 0.29) is 18.3 Å². The number of aromatic nitrogens is 4. The molecule has 4 atom stereocenters. The first-order valence-corrected chi connectivity index (χ1v) is 9.88. The molecule has 0 spiro atoms. The summed E-state index contributed by atoms with van der Waals surface area (Å²) in [5, 5.41) is 4.32. The Bertz CT molecular complexity index is 752. The largest absolute Gasteiger partial charge is 0.381 e. The standard InChI is InChI=1S/C19H31N5O3/c1-5-7-9-25-15-13(3)27-16(19(15,4)26-10-8-6-2)14-11-21-18-17(20)22-12-23-24(14)18/h11-13,15-16H,5-10H2,1-4H3,(H2,20,22,23)/t13?,15-,16?,19-/m1/s1. The fourth-order valence-electron chi connectivity index (χ4n) is 3.68. The Balaban J connectivity index is 1.94. The van der Waals surface area contributed by atoms with Crippen molar-refractivity contribution in [3.8, 4) is 0 Å². The number of ether oxygens (including phenoxy) is 3. The van der Waals surface area contributed by atoms with Crippen LogP contribution < -0.4 is 5.73 Å². The number of imidazole rings is 1. The van der Waals surface area contributed by atoms with Crippen LogP contribution >= 0.6 is 0 Å². The average molecular weight is 377 g/mol. The van der Waals surface area contributed by atoms with Gasteiger partial charge >= 0.3 is 0 Å². The van der Waals surface area contributed by atoms with Crippen LogP contribution in [0.15, 0.2) is 12.5 Å². The number of rotatable bonds is 9. The number of nitrogens with zero attached hydrogens (tertiary/aromatic N) is 4. The van der Waals surface area contributed by atoms with Gasteiger partial charge in [0.05, 0.1) is 18.0 Å². The SMILES string of the molecule is CCCCO[C@@H]1C(C)OC(c2cnc3c(N)ncnn23)[C@]1(C)OCCCC. The molecule has 8 nitrogen and oxygen atoms in total. The number of fused-ring (bicyclic) bond motifs is 1. The Morgan fingerprint density at radius 3 is 2.70 bits per heavy atom. The summed E-state index contributed by atoms with van der Waals surface area (Å²) in [6.45, 7) is 9.75. The van der Waals surface area contributed by atoms with Crippen LogP contribution in [-0.4, -0.2) is 50.6 Å². The maximum atomic E-state index is 6.39. The average Bonchev–Trinajstić information content (AvgIpc) is 3.17. The van der Waals surface area contributed by atoms with Crippen molar-refractivity contribution in [2.75, 3.05) is 18.9 Å². The Morgan fingerprint density at radius 2 is 1.96 bits per heavy atom. The number of nitrogens with two attached hydrogens (primary N) is 1. The van der Waals surface area contributed by atoms with Crippen LogP contribution in [0.4, 0.5) is 5.82 Å². The highest BCUT2D eigenvalue weighted by atomic mass is 16.6. The lowest BCUT2D eigenvalue weighted by molar-refractivity contribution is -0.136. The molecule has 0 amide bonds. The molecule has 1 fully saturated rings. The first-order chi connectivity index (χ1) is 13.0. The molecule has 0 saturated carbocycles. The van der Waals surface area contributed by atoms with Crippen LogP contribution in [0.5, 0.6) is 0 Å². The van der Waals surface area contributed by atoms with E-state index in [1.165, 1.54) is 6.33 Å². The molecule has 1 aliphatic rings. The third-order valence-corrected chi connectivity index (χ3v) is 5.19. The lowest BCUT2D eigenvalue weighted by Gasteiger charge is -2.35. The van der Waals surface area contributed by atoms with Gasteiger partial charge in [0.25, 0.3) is 0 Å². The first kappa shape index (κ1) is 20.0. The number of hydrogen-bond acceptors (Lipinski definition) is 7. The normalized spacial score (nSPS) is 28.2. The summed E-state index contributed by atoms with van der Waals surface area (Å²) in [6, 6.07) is 0. The molecule has 0 bridgehead atoms. The van der Waals surface area contributed by atoms with E-state index in [9.17, 15) is 0 Å². The number of unbranched alkanes of at least 4 members (excludes halogenated alkanes) is 2. The molecule has 3 heterocycles. The molecule has 3 rings (SSSR count). The summed E-state index contributed by atoms with van der Waals surface area (Å²) in [7, 11) is 0. The second-order valence-corrected chi connectivity index (χ2v) is 7.32. The van der Waals surface area contributed by atoms with E-state index in [0.717, 1.165) is 31.4 Å². The molecular weight excluding hydrogens is 346 g/mol. The molecule has 1 saturated heterocycles. The predicted molar refractivity (Wildman–Crippen MR) is 102 cm³/mol. The lowest BCUT2D eigenvalue weighted by atomic mass is 9.90. The Morgan fingerprint density at radius 1 is 1.22 bits per heavy atom. The Labute approximate surface area is 160 Å². The summed E-state index contributed by atoms with van der Waals surface area (Å²) >= 11 is 0. The highest BCUT2D eigenvalue weighted by molar-refractivity contribution is 5.59. The van der Waals surface area contributed by atoms with Gasteiger partial charge in [0.15, 0.2) is 11.5 Å². The van der Waals surface area contributed by atoms with Gasteiger partial charge in [0, 0.05) is 13.2 Å². The molecule has 0 radical (unpaired) electrons. The third-order valence-electron chi connectivity index (χ3n) is 5.19. The molecule has 0 aromatic carbocycles. The van der Waals surface area contributed by atoms with Crippen molar-refractivity contribution in [3.05, 3.63) is 18.2 Å². The van der Waals surface area contributed by atoms with Crippen molar-refractivity contribution >= 4 is 11.5 Å². The number of hydrogen-bond donors (Lipinski definition) is 1. The van der Waals surface area contributed by atoms with Crippen LogP contribution in [-0.2, 0) is 14.2 Å². The summed E-state index contributed by atoms with van der Waals surface area (Å²) < 4.78 is 20.6. The molecule has 1 aliphatic heterocycles. The van der Waals surface area contributed by atoms with Crippen LogP contribution in [0, 0.1) is 0 Å². The maximum absolute atomic E-state index is 6.39. The Hall–Kier alpha value is -1.77. The summed E-state index contributed by atoms with van der Waals surface area (Å²) in [5.41, 5.74) is 6.62. The molecule has 8 heteroatoms.